The number of ether oxygens (including phenoxy) is 2. The number of hydrogen-bond acceptors (Lipinski definition) is 4. The molecular formula is C18H28O5. The highest BCUT2D eigenvalue weighted by Gasteiger charge is 2.54. The minimum Gasteiger partial charge on any atom is -0.479 e. The fourth-order valence-electron chi connectivity index (χ4n) is 3.46. The van der Waals surface area contributed by atoms with E-state index in [2.05, 4.69) is 6.58 Å². The van der Waals surface area contributed by atoms with E-state index in [9.17, 15) is 14.7 Å². The van der Waals surface area contributed by atoms with E-state index < -0.39 is 11.6 Å². The Kier molecular flexibility index (Phi) is 5.98. The summed E-state index contributed by atoms with van der Waals surface area (Å²) in [6, 6.07) is 0. The van der Waals surface area contributed by atoms with Crippen molar-refractivity contribution >= 4 is 11.8 Å². The number of Topliss-reactive ketones (excluding diaryl/α,β-unsaturated/α-hetero) is 1. The second-order valence-corrected chi connectivity index (χ2v) is 7.05. The van der Waals surface area contributed by atoms with Crippen molar-refractivity contribution in [3.63, 3.8) is 0 Å². The fourth-order valence-corrected chi connectivity index (χ4v) is 3.46. The second-order valence-electron chi connectivity index (χ2n) is 7.05. The molecule has 0 aromatic heterocycles. The van der Waals surface area contributed by atoms with Crippen molar-refractivity contribution in [3.05, 3.63) is 12.2 Å². The molecule has 2 aliphatic rings. The van der Waals surface area contributed by atoms with Gasteiger partial charge in [0.1, 0.15) is 5.78 Å². The molecule has 4 unspecified atom stereocenters. The molecule has 2 saturated heterocycles. The van der Waals surface area contributed by atoms with Crippen molar-refractivity contribution in [1.82, 2.24) is 0 Å². The number of carboxylic acid groups (broad SMARTS) is 1. The number of carbonyl (C=O) groups is 2. The zero-order valence-corrected chi connectivity index (χ0v) is 14.2. The molecule has 0 aromatic carbocycles. The molecule has 5 heteroatoms. The van der Waals surface area contributed by atoms with E-state index in [-0.39, 0.29) is 23.9 Å². The Bertz CT molecular complexity index is 472. The predicted octanol–water partition coefficient (Wildman–Crippen LogP) is 3.12. The Morgan fingerprint density at radius 1 is 1.35 bits per heavy atom. The molecule has 0 amide bonds. The molecule has 0 spiro atoms. The van der Waals surface area contributed by atoms with Crippen molar-refractivity contribution in [2.75, 3.05) is 6.61 Å². The van der Waals surface area contributed by atoms with Gasteiger partial charge in [-0.15, -0.1) is 6.58 Å². The van der Waals surface area contributed by atoms with Gasteiger partial charge in [0, 0.05) is 12.3 Å². The lowest BCUT2D eigenvalue weighted by molar-refractivity contribution is -0.222. The van der Waals surface area contributed by atoms with Crippen LogP contribution < -0.4 is 0 Å². The van der Waals surface area contributed by atoms with Crippen LogP contribution in [0.25, 0.3) is 0 Å². The number of fused-ring (bicyclic) bond motifs is 2. The highest BCUT2D eigenvalue weighted by molar-refractivity contribution is 5.81. The van der Waals surface area contributed by atoms with Crippen molar-refractivity contribution in [3.8, 4) is 0 Å². The smallest absolute Gasteiger partial charge is 0.338 e. The summed E-state index contributed by atoms with van der Waals surface area (Å²) in [5.41, 5.74) is -0.216. The Morgan fingerprint density at radius 2 is 2.09 bits per heavy atom. The van der Waals surface area contributed by atoms with Crippen LogP contribution in [0.15, 0.2) is 12.2 Å². The van der Waals surface area contributed by atoms with Crippen molar-refractivity contribution in [2.24, 2.45) is 5.92 Å². The van der Waals surface area contributed by atoms with Gasteiger partial charge in [0.05, 0.1) is 18.8 Å². The predicted molar refractivity (Wildman–Crippen MR) is 86.3 cm³/mol. The summed E-state index contributed by atoms with van der Waals surface area (Å²) < 4.78 is 11.5. The number of ketones is 1. The van der Waals surface area contributed by atoms with E-state index in [4.69, 9.17) is 9.47 Å². The Morgan fingerprint density at radius 3 is 2.74 bits per heavy atom. The molecule has 2 fully saturated rings. The van der Waals surface area contributed by atoms with Crippen molar-refractivity contribution in [2.45, 2.75) is 76.6 Å². The maximum absolute atomic E-state index is 12.1. The average Bonchev–Trinajstić information content (AvgIpc) is 2.90. The lowest BCUT2D eigenvalue weighted by Crippen LogP contribution is -2.55. The molecule has 0 aliphatic carbocycles. The largest absolute Gasteiger partial charge is 0.479 e. The molecular weight excluding hydrogens is 296 g/mol. The molecule has 5 nitrogen and oxygen atoms in total. The van der Waals surface area contributed by atoms with Gasteiger partial charge in [0.2, 0.25) is 0 Å². The molecule has 0 aromatic rings. The standard InChI is InChI=1S/C18H28O5/c1-12(2)6-8-15(19)13(3)5-4-10-18(17(20)21)16-9-7-14(23-16)11-22-18/h13-14,16H,1,4-11H2,2-3H3,(H,20,21). The van der Waals surface area contributed by atoms with Crippen LogP contribution in [0.5, 0.6) is 0 Å². The van der Waals surface area contributed by atoms with Gasteiger partial charge in [-0.2, -0.15) is 0 Å². The molecule has 2 bridgehead atoms. The Hall–Kier alpha value is -1.20. The van der Waals surface area contributed by atoms with Crippen LogP contribution in [-0.4, -0.2) is 41.3 Å². The second kappa shape index (κ2) is 7.58. The van der Waals surface area contributed by atoms with Gasteiger partial charge >= 0.3 is 5.97 Å². The first-order valence-electron chi connectivity index (χ1n) is 8.55. The molecule has 1 N–H and O–H groups in total. The molecule has 4 atom stereocenters. The zero-order valence-electron chi connectivity index (χ0n) is 14.2. The van der Waals surface area contributed by atoms with Crippen LogP contribution in [0, 0.1) is 5.92 Å². The third-order valence-corrected chi connectivity index (χ3v) is 5.05. The molecule has 0 radical (unpaired) electrons. The van der Waals surface area contributed by atoms with Gasteiger partial charge in [0.15, 0.2) is 5.60 Å². The quantitative estimate of drug-likeness (QED) is 0.660. The fraction of sp³-hybridized carbons (Fsp3) is 0.778. The topological polar surface area (TPSA) is 72.8 Å². The maximum Gasteiger partial charge on any atom is 0.338 e. The van der Waals surface area contributed by atoms with Gasteiger partial charge in [-0.3, -0.25) is 4.79 Å². The SMILES string of the molecule is C=C(C)CCC(=O)C(C)CCCC1(C(=O)O)OCC2CCC1O2. The summed E-state index contributed by atoms with van der Waals surface area (Å²) in [6.45, 7) is 8.00. The molecule has 2 heterocycles. The highest BCUT2D eigenvalue weighted by atomic mass is 16.6. The number of hydrogen-bond donors (Lipinski definition) is 1. The van der Waals surface area contributed by atoms with E-state index in [1.165, 1.54) is 0 Å². The summed E-state index contributed by atoms with van der Waals surface area (Å²) in [4.78, 5) is 23.8. The monoisotopic (exact) mass is 324 g/mol. The summed E-state index contributed by atoms with van der Waals surface area (Å²) in [6.07, 6.45) is 4.29. The van der Waals surface area contributed by atoms with E-state index in [1.807, 2.05) is 13.8 Å². The van der Waals surface area contributed by atoms with E-state index >= 15 is 0 Å². The maximum atomic E-state index is 12.1. The molecule has 2 rings (SSSR count). The van der Waals surface area contributed by atoms with Crippen LogP contribution in [-0.2, 0) is 19.1 Å². The minimum absolute atomic E-state index is 0.0510. The van der Waals surface area contributed by atoms with Gasteiger partial charge in [-0.05, 0) is 45.4 Å². The van der Waals surface area contributed by atoms with Crippen LogP contribution >= 0.6 is 0 Å². The Balaban J connectivity index is 1.84. The summed E-state index contributed by atoms with van der Waals surface area (Å²) in [5.74, 6) is -0.774. The number of allylic oxidation sites excluding steroid dienone is 1. The number of carbonyl (C=O) groups excluding carboxylic acids is 1. The summed E-state index contributed by atoms with van der Waals surface area (Å²) in [5, 5.41) is 9.65. The first-order valence-corrected chi connectivity index (χ1v) is 8.55. The van der Waals surface area contributed by atoms with Crippen LogP contribution in [0.4, 0.5) is 0 Å². The lowest BCUT2D eigenvalue weighted by atomic mass is 9.86. The van der Waals surface area contributed by atoms with Crippen LogP contribution in [0.3, 0.4) is 0 Å². The lowest BCUT2D eigenvalue weighted by Gasteiger charge is -2.38. The van der Waals surface area contributed by atoms with Crippen molar-refractivity contribution < 1.29 is 24.2 Å². The number of rotatable bonds is 9. The van der Waals surface area contributed by atoms with Gasteiger partial charge in [-0.25, -0.2) is 4.79 Å². The van der Waals surface area contributed by atoms with Gasteiger partial charge in [0.25, 0.3) is 0 Å². The highest BCUT2D eigenvalue weighted by Crippen LogP contribution is 2.39. The molecule has 130 valence electrons. The summed E-state index contributed by atoms with van der Waals surface area (Å²) >= 11 is 0. The Labute approximate surface area is 138 Å². The number of carboxylic acids is 1. The zero-order chi connectivity index (χ0) is 17.0. The van der Waals surface area contributed by atoms with Gasteiger partial charge < -0.3 is 14.6 Å². The third kappa shape index (κ3) is 4.21. The van der Waals surface area contributed by atoms with Crippen molar-refractivity contribution in [1.29, 1.82) is 0 Å². The third-order valence-electron chi connectivity index (χ3n) is 5.05. The molecule has 0 saturated carbocycles. The summed E-state index contributed by atoms with van der Waals surface area (Å²) in [7, 11) is 0. The average molecular weight is 324 g/mol. The number of aliphatic carboxylic acids is 1. The normalized spacial score (nSPS) is 30.9. The first-order chi connectivity index (χ1) is 10.8. The van der Waals surface area contributed by atoms with Gasteiger partial charge in [-0.1, -0.05) is 12.5 Å². The first kappa shape index (κ1) is 18.1. The molecule has 2 aliphatic heterocycles. The molecule has 23 heavy (non-hydrogen) atoms. The van der Waals surface area contributed by atoms with Crippen LogP contribution in [0.1, 0.15) is 58.8 Å². The van der Waals surface area contributed by atoms with E-state index in [1.54, 1.807) is 0 Å². The van der Waals surface area contributed by atoms with E-state index in [0.29, 0.717) is 32.3 Å². The minimum atomic E-state index is -1.23. The van der Waals surface area contributed by atoms with E-state index in [0.717, 1.165) is 24.8 Å². The van der Waals surface area contributed by atoms with Crippen LogP contribution in [0.2, 0.25) is 0 Å².